The Hall–Kier alpha value is -3.14. The SMILES string of the molecule is Cc1ccc2[nH]c3c(C(=O)c4ccccc4)ccc(=O)n3c2c1. The monoisotopic (exact) mass is 302 g/mol. The van der Waals surface area contributed by atoms with Gasteiger partial charge in [-0.25, -0.2) is 0 Å². The molecular weight excluding hydrogens is 288 g/mol. The summed E-state index contributed by atoms with van der Waals surface area (Å²) in [5, 5.41) is 0. The van der Waals surface area contributed by atoms with E-state index in [0.717, 1.165) is 16.6 Å². The van der Waals surface area contributed by atoms with Crippen molar-refractivity contribution in [3.63, 3.8) is 0 Å². The van der Waals surface area contributed by atoms with Crippen LogP contribution in [0.4, 0.5) is 0 Å². The number of fused-ring (bicyclic) bond motifs is 3. The van der Waals surface area contributed by atoms with Crippen molar-refractivity contribution in [1.82, 2.24) is 9.38 Å². The number of aryl methyl sites for hydroxylation is 1. The Morgan fingerprint density at radius 2 is 1.78 bits per heavy atom. The van der Waals surface area contributed by atoms with Crippen molar-refractivity contribution < 1.29 is 4.79 Å². The second kappa shape index (κ2) is 4.95. The number of hydrogen-bond donors (Lipinski definition) is 1. The molecule has 0 spiro atoms. The van der Waals surface area contributed by atoms with Crippen LogP contribution >= 0.6 is 0 Å². The van der Waals surface area contributed by atoms with E-state index in [9.17, 15) is 9.59 Å². The first kappa shape index (κ1) is 13.5. The summed E-state index contributed by atoms with van der Waals surface area (Å²) in [5.41, 5.74) is 4.15. The van der Waals surface area contributed by atoms with Gasteiger partial charge in [-0.2, -0.15) is 0 Å². The van der Waals surface area contributed by atoms with Gasteiger partial charge in [0, 0.05) is 11.6 Å². The molecule has 0 saturated heterocycles. The van der Waals surface area contributed by atoms with Gasteiger partial charge >= 0.3 is 0 Å². The molecule has 1 N–H and O–H groups in total. The predicted octanol–water partition coefficient (Wildman–Crippen LogP) is 3.32. The first-order valence-electron chi connectivity index (χ1n) is 7.39. The van der Waals surface area contributed by atoms with Crippen LogP contribution in [0.25, 0.3) is 16.7 Å². The molecule has 0 saturated carbocycles. The van der Waals surface area contributed by atoms with Gasteiger partial charge in [-0.1, -0.05) is 36.4 Å². The molecule has 2 aromatic carbocycles. The van der Waals surface area contributed by atoms with Crippen LogP contribution in [0, 0.1) is 6.92 Å². The average Bonchev–Trinajstić information content (AvgIpc) is 2.95. The van der Waals surface area contributed by atoms with E-state index in [0.29, 0.717) is 16.8 Å². The summed E-state index contributed by atoms with van der Waals surface area (Å²) >= 11 is 0. The molecule has 2 heterocycles. The molecule has 4 rings (SSSR count). The number of imidazole rings is 1. The Bertz CT molecular complexity index is 1100. The fourth-order valence-corrected chi connectivity index (χ4v) is 2.89. The minimum atomic E-state index is -0.151. The van der Waals surface area contributed by atoms with E-state index in [1.54, 1.807) is 22.6 Å². The highest BCUT2D eigenvalue weighted by Crippen LogP contribution is 2.20. The van der Waals surface area contributed by atoms with Crippen LogP contribution in [-0.2, 0) is 0 Å². The van der Waals surface area contributed by atoms with E-state index in [-0.39, 0.29) is 11.3 Å². The molecule has 0 aliphatic heterocycles. The van der Waals surface area contributed by atoms with Crippen LogP contribution in [0.5, 0.6) is 0 Å². The number of hydrogen-bond acceptors (Lipinski definition) is 2. The highest BCUT2D eigenvalue weighted by Gasteiger charge is 2.16. The number of pyridine rings is 1. The Labute approximate surface area is 132 Å². The van der Waals surface area contributed by atoms with Crippen molar-refractivity contribution in [3.05, 3.63) is 87.7 Å². The van der Waals surface area contributed by atoms with Gasteiger partial charge in [-0.15, -0.1) is 0 Å². The molecule has 0 fully saturated rings. The normalized spacial score (nSPS) is 11.2. The van der Waals surface area contributed by atoms with Crippen LogP contribution in [-0.4, -0.2) is 15.2 Å². The molecule has 4 aromatic rings. The zero-order chi connectivity index (χ0) is 16.0. The molecule has 0 unspecified atom stereocenters. The fraction of sp³-hybridized carbons (Fsp3) is 0.0526. The van der Waals surface area contributed by atoms with E-state index in [1.165, 1.54) is 6.07 Å². The third kappa shape index (κ3) is 2.07. The average molecular weight is 302 g/mol. The van der Waals surface area contributed by atoms with Crippen molar-refractivity contribution >= 4 is 22.5 Å². The van der Waals surface area contributed by atoms with Crippen LogP contribution in [0.1, 0.15) is 21.5 Å². The number of benzene rings is 2. The highest BCUT2D eigenvalue weighted by atomic mass is 16.1. The molecule has 0 radical (unpaired) electrons. The summed E-state index contributed by atoms with van der Waals surface area (Å²) in [6.45, 7) is 1.97. The van der Waals surface area contributed by atoms with Gasteiger partial charge in [-0.05, 0) is 30.7 Å². The molecular formula is C19H14N2O2. The standard InChI is InChI=1S/C19H14N2O2/c1-12-7-9-15-16(11-12)21-17(22)10-8-14(19(21)20-15)18(23)13-5-3-2-4-6-13/h2-11,20H,1H3. The van der Waals surface area contributed by atoms with Crippen LogP contribution in [0.15, 0.2) is 65.5 Å². The molecule has 0 atom stereocenters. The quantitative estimate of drug-likeness (QED) is 0.577. The topological polar surface area (TPSA) is 54.3 Å². The fourth-order valence-electron chi connectivity index (χ4n) is 2.89. The van der Waals surface area contributed by atoms with E-state index in [1.807, 2.05) is 43.3 Å². The number of nitrogens with one attached hydrogen (secondary N) is 1. The van der Waals surface area contributed by atoms with E-state index in [4.69, 9.17) is 0 Å². The zero-order valence-electron chi connectivity index (χ0n) is 12.5. The minimum absolute atomic E-state index is 0.105. The highest BCUT2D eigenvalue weighted by molar-refractivity contribution is 6.13. The summed E-state index contributed by atoms with van der Waals surface area (Å²) < 4.78 is 1.57. The van der Waals surface area contributed by atoms with Crippen molar-refractivity contribution in [2.24, 2.45) is 0 Å². The van der Waals surface area contributed by atoms with Crippen molar-refractivity contribution in [2.75, 3.05) is 0 Å². The minimum Gasteiger partial charge on any atom is -0.339 e. The Morgan fingerprint density at radius 3 is 2.57 bits per heavy atom. The lowest BCUT2D eigenvalue weighted by molar-refractivity contribution is 0.104. The number of H-pyrrole nitrogens is 1. The Balaban J connectivity index is 2.06. The lowest BCUT2D eigenvalue weighted by Gasteiger charge is -2.03. The van der Waals surface area contributed by atoms with E-state index < -0.39 is 0 Å². The first-order valence-corrected chi connectivity index (χ1v) is 7.39. The Kier molecular flexibility index (Phi) is 2.91. The smallest absolute Gasteiger partial charge is 0.256 e. The second-order valence-corrected chi connectivity index (χ2v) is 5.61. The maximum absolute atomic E-state index is 12.8. The molecule has 23 heavy (non-hydrogen) atoms. The number of carbonyl (C=O) groups excluding carboxylic acids is 1. The first-order chi connectivity index (χ1) is 11.1. The molecule has 2 aromatic heterocycles. The van der Waals surface area contributed by atoms with Crippen molar-refractivity contribution in [1.29, 1.82) is 0 Å². The number of carbonyl (C=O) groups is 1. The number of aromatic nitrogens is 2. The lowest BCUT2D eigenvalue weighted by atomic mass is 10.0. The van der Waals surface area contributed by atoms with Crippen molar-refractivity contribution in [2.45, 2.75) is 6.92 Å². The molecule has 0 bridgehead atoms. The number of aromatic amines is 1. The zero-order valence-corrected chi connectivity index (χ0v) is 12.5. The maximum Gasteiger partial charge on any atom is 0.256 e. The van der Waals surface area contributed by atoms with Gasteiger partial charge in [0.1, 0.15) is 5.65 Å². The van der Waals surface area contributed by atoms with Gasteiger partial charge < -0.3 is 4.98 Å². The number of rotatable bonds is 2. The van der Waals surface area contributed by atoms with Crippen molar-refractivity contribution in [3.8, 4) is 0 Å². The lowest BCUT2D eigenvalue weighted by Crippen LogP contribution is -2.14. The number of nitrogens with zero attached hydrogens (tertiary/aromatic N) is 1. The van der Waals surface area contributed by atoms with Gasteiger partial charge in [0.05, 0.1) is 16.6 Å². The van der Waals surface area contributed by atoms with Crippen LogP contribution < -0.4 is 5.56 Å². The molecule has 0 aliphatic rings. The molecule has 0 aliphatic carbocycles. The molecule has 4 heteroatoms. The van der Waals surface area contributed by atoms with Gasteiger partial charge in [0.2, 0.25) is 0 Å². The second-order valence-electron chi connectivity index (χ2n) is 5.61. The summed E-state index contributed by atoms with van der Waals surface area (Å²) in [5.74, 6) is -0.105. The van der Waals surface area contributed by atoms with Gasteiger partial charge in [0.25, 0.3) is 5.56 Å². The summed E-state index contributed by atoms with van der Waals surface area (Å²) in [6, 6.07) is 17.9. The number of ketones is 1. The molecule has 0 amide bonds. The van der Waals surface area contributed by atoms with Crippen LogP contribution in [0.2, 0.25) is 0 Å². The summed E-state index contributed by atoms with van der Waals surface area (Å²) in [4.78, 5) is 28.3. The predicted molar refractivity (Wildman–Crippen MR) is 90.1 cm³/mol. The Morgan fingerprint density at radius 1 is 1.00 bits per heavy atom. The third-order valence-corrected chi connectivity index (χ3v) is 4.02. The van der Waals surface area contributed by atoms with Gasteiger partial charge in [0.15, 0.2) is 5.78 Å². The third-order valence-electron chi connectivity index (χ3n) is 4.02. The van der Waals surface area contributed by atoms with E-state index >= 15 is 0 Å². The van der Waals surface area contributed by atoms with Crippen LogP contribution in [0.3, 0.4) is 0 Å². The molecule has 4 nitrogen and oxygen atoms in total. The largest absolute Gasteiger partial charge is 0.339 e. The summed E-state index contributed by atoms with van der Waals surface area (Å²) in [7, 11) is 0. The van der Waals surface area contributed by atoms with E-state index in [2.05, 4.69) is 4.98 Å². The summed E-state index contributed by atoms with van der Waals surface area (Å²) in [6.07, 6.45) is 0. The maximum atomic E-state index is 12.8. The molecule has 112 valence electrons. The van der Waals surface area contributed by atoms with Gasteiger partial charge in [-0.3, -0.25) is 14.0 Å².